The van der Waals surface area contributed by atoms with Gasteiger partial charge in [-0.3, -0.25) is 0 Å². The van der Waals surface area contributed by atoms with E-state index in [-0.39, 0.29) is 5.75 Å². The van der Waals surface area contributed by atoms with E-state index in [0.717, 1.165) is 5.56 Å². The summed E-state index contributed by atoms with van der Waals surface area (Å²) < 4.78 is 16.2. The smallest absolute Gasteiger partial charge is 0.199 e. The fourth-order valence-corrected chi connectivity index (χ4v) is 2.20. The highest BCUT2D eigenvalue weighted by Gasteiger charge is 2.10. The Hall–Kier alpha value is -2.69. The maximum absolute atomic E-state index is 9.44. The number of phenols is 1. The third-order valence-corrected chi connectivity index (χ3v) is 3.22. The van der Waals surface area contributed by atoms with Gasteiger partial charge in [0.15, 0.2) is 23.0 Å². The Labute approximate surface area is 121 Å². The molecule has 0 aliphatic heterocycles. The number of nitrogens with zero attached hydrogens (tertiary/aromatic N) is 1. The van der Waals surface area contributed by atoms with Gasteiger partial charge in [0, 0.05) is 12.5 Å². The van der Waals surface area contributed by atoms with E-state index in [2.05, 4.69) is 4.98 Å². The van der Waals surface area contributed by atoms with Crippen LogP contribution in [-0.2, 0) is 6.42 Å². The van der Waals surface area contributed by atoms with Gasteiger partial charge in [0.25, 0.3) is 0 Å². The van der Waals surface area contributed by atoms with E-state index in [0.29, 0.717) is 34.9 Å². The predicted octanol–water partition coefficient (Wildman–Crippen LogP) is 3.14. The lowest BCUT2D eigenvalue weighted by atomic mass is 10.1. The molecular weight excluding hydrogens is 270 g/mol. The van der Waals surface area contributed by atoms with Crippen molar-refractivity contribution in [3.05, 3.63) is 47.9 Å². The number of fused-ring (bicyclic) bond motifs is 1. The fourth-order valence-electron chi connectivity index (χ4n) is 2.20. The average molecular weight is 285 g/mol. The third kappa shape index (κ3) is 2.63. The van der Waals surface area contributed by atoms with Crippen molar-refractivity contribution >= 4 is 11.1 Å². The van der Waals surface area contributed by atoms with Crippen LogP contribution in [0.3, 0.4) is 0 Å². The van der Waals surface area contributed by atoms with Crippen LogP contribution in [0.1, 0.15) is 11.5 Å². The van der Waals surface area contributed by atoms with Crippen molar-refractivity contribution in [2.45, 2.75) is 6.42 Å². The number of methoxy groups -OCH3 is 2. The van der Waals surface area contributed by atoms with Gasteiger partial charge < -0.3 is 19.0 Å². The largest absolute Gasteiger partial charge is 0.508 e. The lowest BCUT2D eigenvalue weighted by molar-refractivity contribution is 0.354. The van der Waals surface area contributed by atoms with E-state index in [4.69, 9.17) is 13.9 Å². The summed E-state index contributed by atoms with van der Waals surface area (Å²) in [5.41, 5.74) is 2.30. The molecule has 21 heavy (non-hydrogen) atoms. The molecular formula is C16H15NO4. The van der Waals surface area contributed by atoms with Gasteiger partial charge in [-0.05, 0) is 29.8 Å². The molecule has 0 radical (unpaired) electrons. The van der Waals surface area contributed by atoms with Crippen LogP contribution in [0.15, 0.2) is 40.8 Å². The Morgan fingerprint density at radius 1 is 1.05 bits per heavy atom. The topological polar surface area (TPSA) is 64.7 Å². The molecule has 0 amide bonds. The summed E-state index contributed by atoms with van der Waals surface area (Å²) >= 11 is 0. The summed E-state index contributed by atoms with van der Waals surface area (Å²) in [6.45, 7) is 0. The van der Waals surface area contributed by atoms with Crippen molar-refractivity contribution in [3.63, 3.8) is 0 Å². The summed E-state index contributed by atoms with van der Waals surface area (Å²) in [5.74, 6) is 2.11. The van der Waals surface area contributed by atoms with E-state index >= 15 is 0 Å². The first-order chi connectivity index (χ1) is 10.2. The normalized spacial score (nSPS) is 10.8. The Morgan fingerprint density at radius 2 is 1.86 bits per heavy atom. The highest BCUT2D eigenvalue weighted by Crippen LogP contribution is 2.29. The van der Waals surface area contributed by atoms with Crippen LogP contribution in [-0.4, -0.2) is 24.3 Å². The zero-order chi connectivity index (χ0) is 14.8. The quantitative estimate of drug-likeness (QED) is 0.797. The number of rotatable bonds is 4. The van der Waals surface area contributed by atoms with Gasteiger partial charge in [-0.15, -0.1) is 0 Å². The van der Waals surface area contributed by atoms with E-state index in [1.165, 1.54) is 0 Å². The molecule has 0 spiro atoms. The van der Waals surface area contributed by atoms with Gasteiger partial charge in [0.2, 0.25) is 0 Å². The molecule has 0 aliphatic rings. The molecule has 0 aliphatic carbocycles. The van der Waals surface area contributed by atoms with Crippen molar-refractivity contribution in [1.82, 2.24) is 4.98 Å². The average Bonchev–Trinajstić information content (AvgIpc) is 2.88. The van der Waals surface area contributed by atoms with Gasteiger partial charge >= 0.3 is 0 Å². The van der Waals surface area contributed by atoms with Gasteiger partial charge in [-0.25, -0.2) is 4.98 Å². The maximum atomic E-state index is 9.44. The molecule has 5 nitrogen and oxygen atoms in total. The van der Waals surface area contributed by atoms with Crippen LogP contribution in [0.4, 0.5) is 0 Å². The van der Waals surface area contributed by atoms with Crippen LogP contribution in [0.5, 0.6) is 17.2 Å². The van der Waals surface area contributed by atoms with Crippen molar-refractivity contribution in [2.24, 2.45) is 0 Å². The lowest BCUT2D eigenvalue weighted by Gasteiger charge is -2.08. The molecule has 0 saturated carbocycles. The molecule has 0 atom stereocenters. The lowest BCUT2D eigenvalue weighted by Crippen LogP contribution is -1.93. The Kier molecular flexibility index (Phi) is 3.39. The number of oxazole rings is 1. The molecule has 3 rings (SSSR count). The maximum Gasteiger partial charge on any atom is 0.199 e. The van der Waals surface area contributed by atoms with Crippen LogP contribution in [0, 0.1) is 0 Å². The molecule has 0 fully saturated rings. The van der Waals surface area contributed by atoms with E-state index in [1.54, 1.807) is 32.4 Å². The van der Waals surface area contributed by atoms with Gasteiger partial charge in [-0.2, -0.15) is 0 Å². The molecule has 1 aromatic heterocycles. The second kappa shape index (κ2) is 5.36. The van der Waals surface area contributed by atoms with E-state index in [1.807, 2.05) is 18.2 Å². The highest BCUT2D eigenvalue weighted by molar-refractivity contribution is 5.74. The summed E-state index contributed by atoms with van der Waals surface area (Å²) in [7, 11) is 3.20. The molecule has 0 bridgehead atoms. The first-order valence-corrected chi connectivity index (χ1v) is 6.49. The molecule has 1 heterocycles. The van der Waals surface area contributed by atoms with Gasteiger partial charge in [0.05, 0.1) is 14.2 Å². The number of benzene rings is 2. The molecule has 0 saturated heterocycles. The van der Waals surface area contributed by atoms with Crippen molar-refractivity contribution in [2.75, 3.05) is 14.2 Å². The minimum absolute atomic E-state index is 0.175. The third-order valence-electron chi connectivity index (χ3n) is 3.22. The monoisotopic (exact) mass is 285 g/mol. The van der Waals surface area contributed by atoms with Gasteiger partial charge in [0.1, 0.15) is 11.3 Å². The number of hydrogen-bond donors (Lipinski definition) is 1. The Morgan fingerprint density at radius 3 is 2.62 bits per heavy atom. The zero-order valence-corrected chi connectivity index (χ0v) is 11.8. The Balaban J connectivity index is 1.91. The number of aromatic hydroxyl groups is 1. The number of aromatic nitrogens is 1. The summed E-state index contributed by atoms with van der Waals surface area (Å²) in [4.78, 5) is 4.37. The number of phenolic OH excluding ortho intramolecular Hbond substituents is 1. The molecule has 0 unspecified atom stereocenters. The van der Waals surface area contributed by atoms with Crippen LogP contribution in [0.2, 0.25) is 0 Å². The van der Waals surface area contributed by atoms with Crippen molar-refractivity contribution in [3.8, 4) is 17.2 Å². The molecule has 2 aromatic carbocycles. The second-order valence-corrected chi connectivity index (χ2v) is 4.63. The predicted molar refractivity (Wildman–Crippen MR) is 78.0 cm³/mol. The summed E-state index contributed by atoms with van der Waals surface area (Å²) in [6, 6.07) is 10.5. The summed E-state index contributed by atoms with van der Waals surface area (Å²) in [5, 5.41) is 9.44. The van der Waals surface area contributed by atoms with Crippen molar-refractivity contribution < 1.29 is 19.0 Å². The van der Waals surface area contributed by atoms with Gasteiger partial charge in [-0.1, -0.05) is 6.07 Å². The van der Waals surface area contributed by atoms with Crippen LogP contribution < -0.4 is 9.47 Å². The SMILES string of the molecule is COc1ccc(Cc2nc3cc(O)ccc3o2)cc1OC. The zero-order valence-electron chi connectivity index (χ0n) is 11.8. The molecule has 3 aromatic rings. The first-order valence-electron chi connectivity index (χ1n) is 6.49. The minimum Gasteiger partial charge on any atom is -0.508 e. The Bertz CT molecular complexity index is 779. The van der Waals surface area contributed by atoms with E-state index < -0.39 is 0 Å². The molecule has 5 heteroatoms. The minimum atomic E-state index is 0.175. The fraction of sp³-hybridized carbons (Fsp3) is 0.188. The number of ether oxygens (including phenoxy) is 2. The second-order valence-electron chi connectivity index (χ2n) is 4.63. The standard InChI is InChI=1S/C16H15NO4/c1-19-14-5-3-10(7-15(14)20-2)8-16-17-12-9-11(18)4-6-13(12)21-16/h3-7,9,18H,8H2,1-2H3. The van der Waals surface area contributed by atoms with Crippen LogP contribution >= 0.6 is 0 Å². The van der Waals surface area contributed by atoms with E-state index in [9.17, 15) is 5.11 Å². The molecule has 108 valence electrons. The van der Waals surface area contributed by atoms with Crippen molar-refractivity contribution in [1.29, 1.82) is 0 Å². The summed E-state index contributed by atoms with van der Waals surface area (Å²) in [6.07, 6.45) is 0.537. The molecule has 1 N–H and O–H groups in total. The first kappa shape index (κ1) is 13.3. The number of hydrogen-bond acceptors (Lipinski definition) is 5. The highest BCUT2D eigenvalue weighted by atomic mass is 16.5. The van der Waals surface area contributed by atoms with Crippen LogP contribution in [0.25, 0.3) is 11.1 Å².